The van der Waals surface area contributed by atoms with Gasteiger partial charge in [0, 0.05) is 38.9 Å². The van der Waals surface area contributed by atoms with Gasteiger partial charge in [0.05, 0.1) is 12.0 Å². The lowest BCUT2D eigenvalue weighted by Crippen LogP contribution is -2.46. The molecule has 0 spiro atoms. The van der Waals surface area contributed by atoms with E-state index in [0.29, 0.717) is 6.54 Å². The molecule has 0 aromatic carbocycles. The first-order chi connectivity index (χ1) is 11.7. The van der Waals surface area contributed by atoms with Crippen LogP contribution in [0.3, 0.4) is 0 Å². The highest BCUT2D eigenvalue weighted by atomic mass is 16.3. The number of hydrogen-bond acceptors (Lipinski definition) is 5. The highest BCUT2D eigenvalue weighted by Crippen LogP contribution is 2.25. The van der Waals surface area contributed by atoms with Gasteiger partial charge < -0.3 is 20.2 Å². The summed E-state index contributed by atoms with van der Waals surface area (Å²) in [6, 6.07) is 4.00. The number of aromatic nitrogens is 1. The van der Waals surface area contributed by atoms with E-state index in [4.69, 9.17) is 0 Å². The standard InChI is InChI=1S/C18H28N4O2/c1-2-21-8-10-22(11-9-21)17-12-14(6-7-19-17)13-20-18(24)15-4-3-5-16(15)23/h6-7,12,15-16,23H,2-5,8-11,13H2,1H3,(H,20,24). The number of carbonyl (C=O) groups is 1. The number of pyridine rings is 1. The van der Waals surface area contributed by atoms with Crippen LogP contribution in [0.25, 0.3) is 0 Å². The Balaban J connectivity index is 1.54. The van der Waals surface area contributed by atoms with E-state index in [1.807, 2.05) is 12.3 Å². The van der Waals surface area contributed by atoms with E-state index < -0.39 is 6.10 Å². The van der Waals surface area contributed by atoms with Crippen molar-refractivity contribution in [2.75, 3.05) is 37.6 Å². The monoisotopic (exact) mass is 332 g/mol. The normalized spacial score (nSPS) is 25.0. The summed E-state index contributed by atoms with van der Waals surface area (Å²) < 4.78 is 0. The number of piperazine rings is 1. The first-order valence-electron chi connectivity index (χ1n) is 9.05. The molecule has 0 radical (unpaired) electrons. The van der Waals surface area contributed by atoms with E-state index in [9.17, 15) is 9.90 Å². The highest BCUT2D eigenvalue weighted by molar-refractivity contribution is 5.79. The summed E-state index contributed by atoms with van der Waals surface area (Å²) in [5.41, 5.74) is 1.05. The predicted octanol–water partition coefficient (Wildman–Crippen LogP) is 1.00. The number of anilines is 1. The molecule has 1 saturated carbocycles. The fourth-order valence-electron chi connectivity index (χ4n) is 3.60. The molecule has 1 aliphatic heterocycles. The average Bonchev–Trinajstić information content (AvgIpc) is 3.06. The third kappa shape index (κ3) is 4.05. The van der Waals surface area contributed by atoms with Gasteiger partial charge in [-0.3, -0.25) is 4.79 Å². The molecule has 2 atom stereocenters. The molecule has 2 heterocycles. The molecular weight excluding hydrogens is 304 g/mol. The molecular formula is C18H28N4O2. The minimum Gasteiger partial charge on any atom is -0.392 e. The van der Waals surface area contributed by atoms with Crippen molar-refractivity contribution in [1.29, 1.82) is 0 Å². The zero-order chi connectivity index (χ0) is 16.9. The second kappa shape index (κ2) is 7.94. The molecule has 1 amide bonds. The fourth-order valence-corrected chi connectivity index (χ4v) is 3.60. The summed E-state index contributed by atoms with van der Waals surface area (Å²) in [5.74, 6) is 0.710. The number of amides is 1. The van der Waals surface area contributed by atoms with Crippen molar-refractivity contribution in [3.8, 4) is 0 Å². The molecule has 6 nitrogen and oxygen atoms in total. The number of nitrogens with one attached hydrogen (secondary N) is 1. The molecule has 24 heavy (non-hydrogen) atoms. The van der Waals surface area contributed by atoms with Crippen molar-refractivity contribution in [3.05, 3.63) is 23.9 Å². The minimum absolute atomic E-state index is 0.0325. The number of rotatable bonds is 5. The molecule has 2 unspecified atom stereocenters. The van der Waals surface area contributed by atoms with Gasteiger partial charge in [-0.1, -0.05) is 6.92 Å². The maximum absolute atomic E-state index is 12.2. The van der Waals surface area contributed by atoms with Gasteiger partial charge in [-0.25, -0.2) is 4.98 Å². The number of aliphatic hydroxyl groups is 1. The quantitative estimate of drug-likeness (QED) is 0.842. The third-order valence-corrected chi connectivity index (χ3v) is 5.24. The average molecular weight is 332 g/mol. The molecule has 6 heteroatoms. The molecule has 1 aromatic heterocycles. The molecule has 2 N–H and O–H groups in total. The summed E-state index contributed by atoms with van der Waals surface area (Å²) in [6.07, 6.45) is 3.79. The third-order valence-electron chi connectivity index (χ3n) is 5.24. The number of likely N-dealkylation sites (N-methyl/N-ethyl adjacent to an activating group) is 1. The molecule has 0 bridgehead atoms. The lowest BCUT2D eigenvalue weighted by molar-refractivity contribution is -0.127. The first kappa shape index (κ1) is 17.2. The van der Waals surface area contributed by atoms with E-state index in [1.165, 1.54) is 0 Å². The van der Waals surface area contributed by atoms with Gasteiger partial charge in [0.1, 0.15) is 5.82 Å². The summed E-state index contributed by atoms with van der Waals surface area (Å²) >= 11 is 0. The van der Waals surface area contributed by atoms with E-state index in [0.717, 1.165) is 63.4 Å². The van der Waals surface area contributed by atoms with E-state index >= 15 is 0 Å². The van der Waals surface area contributed by atoms with Crippen LogP contribution in [0.4, 0.5) is 5.82 Å². The molecule has 1 aromatic rings. The SMILES string of the molecule is CCN1CCN(c2cc(CNC(=O)C3CCCC3O)ccn2)CC1. The van der Waals surface area contributed by atoms with E-state index in [-0.39, 0.29) is 11.8 Å². The Morgan fingerprint density at radius 3 is 2.79 bits per heavy atom. The summed E-state index contributed by atoms with van der Waals surface area (Å²) in [5, 5.41) is 12.8. The molecule has 1 saturated heterocycles. The van der Waals surface area contributed by atoms with Gasteiger partial charge in [-0.15, -0.1) is 0 Å². The number of carbonyl (C=O) groups excluding carboxylic acids is 1. The van der Waals surface area contributed by atoms with Crippen molar-refractivity contribution in [3.63, 3.8) is 0 Å². The van der Waals surface area contributed by atoms with Crippen molar-refractivity contribution in [1.82, 2.24) is 15.2 Å². The topological polar surface area (TPSA) is 68.7 Å². The zero-order valence-electron chi connectivity index (χ0n) is 14.4. The van der Waals surface area contributed by atoms with Gasteiger partial charge in [0.25, 0.3) is 0 Å². The van der Waals surface area contributed by atoms with Crippen molar-refractivity contribution in [2.24, 2.45) is 5.92 Å². The van der Waals surface area contributed by atoms with Crippen molar-refractivity contribution >= 4 is 11.7 Å². The number of hydrogen-bond donors (Lipinski definition) is 2. The number of nitrogens with zero attached hydrogens (tertiary/aromatic N) is 3. The van der Waals surface area contributed by atoms with Crippen molar-refractivity contribution < 1.29 is 9.90 Å². The maximum atomic E-state index is 12.2. The summed E-state index contributed by atoms with van der Waals surface area (Å²) in [7, 11) is 0. The molecule has 2 aliphatic rings. The molecule has 3 rings (SSSR count). The Morgan fingerprint density at radius 1 is 1.33 bits per heavy atom. The minimum atomic E-state index is -0.479. The Hall–Kier alpha value is -1.66. The van der Waals surface area contributed by atoms with Gasteiger partial charge in [-0.2, -0.15) is 0 Å². The molecule has 132 valence electrons. The second-order valence-electron chi connectivity index (χ2n) is 6.77. The van der Waals surface area contributed by atoms with Crippen molar-refractivity contribution in [2.45, 2.75) is 38.8 Å². The van der Waals surface area contributed by atoms with Crippen LogP contribution in [0, 0.1) is 5.92 Å². The number of aliphatic hydroxyl groups excluding tert-OH is 1. The Kier molecular flexibility index (Phi) is 5.68. The first-order valence-corrected chi connectivity index (χ1v) is 9.05. The van der Waals surface area contributed by atoms with Crippen LogP contribution in [0.1, 0.15) is 31.7 Å². The molecule has 2 fully saturated rings. The Bertz CT molecular complexity index is 558. The van der Waals surface area contributed by atoms with E-state index in [1.54, 1.807) is 0 Å². The van der Waals surface area contributed by atoms with Crippen LogP contribution in [0.5, 0.6) is 0 Å². The smallest absolute Gasteiger partial charge is 0.225 e. The Morgan fingerprint density at radius 2 is 2.12 bits per heavy atom. The van der Waals surface area contributed by atoms with Gasteiger partial charge in [0.2, 0.25) is 5.91 Å². The maximum Gasteiger partial charge on any atom is 0.225 e. The van der Waals surface area contributed by atoms with Crippen LogP contribution < -0.4 is 10.2 Å². The van der Waals surface area contributed by atoms with Crippen LogP contribution in [-0.4, -0.2) is 59.7 Å². The predicted molar refractivity (Wildman–Crippen MR) is 93.8 cm³/mol. The second-order valence-corrected chi connectivity index (χ2v) is 6.77. The van der Waals surface area contributed by atoms with Gasteiger partial charge in [-0.05, 0) is 43.5 Å². The molecule has 1 aliphatic carbocycles. The van der Waals surface area contributed by atoms with Crippen LogP contribution in [-0.2, 0) is 11.3 Å². The fraction of sp³-hybridized carbons (Fsp3) is 0.667. The summed E-state index contributed by atoms with van der Waals surface area (Å²) in [4.78, 5) is 21.4. The summed E-state index contributed by atoms with van der Waals surface area (Å²) in [6.45, 7) is 7.90. The zero-order valence-corrected chi connectivity index (χ0v) is 14.4. The largest absolute Gasteiger partial charge is 0.392 e. The van der Waals surface area contributed by atoms with Crippen LogP contribution in [0.15, 0.2) is 18.3 Å². The Labute approximate surface area is 143 Å². The lowest BCUT2D eigenvalue weighted by atomic mass is 10.1. The highest BCUT2D eigenvalue weighted by Gasteiger charge is 2.31. The van der Waals surface area contributed by atoms with E-state index in [2.05, 4.69) is 33.1 Å². The van der Waals surface area contributed by atoms with Gasteiger partial charge >= 0.3 is 0 Å². The van der Waals surface area contributed by atoms with Crippen LogP contribution in [0.2, 0.25) is 0 Å². The van der Waals surface area contributed by atoms with Gasteiger partial charge in [0.15, 0.2) is 0 Å². The lowest BCUT2D eigenvalue weighted by Gasteiger charge is -2.34. The van der Waals surface area contributed by atoms with Crippen LogP contribution >= 0.6 is 0 Å².